The van der Waals surface area contributed by atoms with Crippen LogP contribution in [-0.4, -0.2) is 25.6 Å². The lowest BCUT2D eigenvalue weighted by Gasteiger charge is -2.28. The Kier molecular flexibility index (Phi) is 5.35. The zero-order valence-electron chi connectivity index (χ0n) is 18.2. The van der Waals surface area contributed by atoms with Gasteiger partial charge in [-0.05, 0) is 25.1 Å². The minimum Gasteiger partial charge on any atom is -0.328 e. The summed E-state index contributed by atoms with van der Waals surface area (Å²) < 4.78 is 1.54. The molecule has 1 aliphatic rings. The molecule has 3 aromatic carbocycles. The van der Waals surface area contributed by atoms with Crippen LogP contribution in [0.2, 0.25) is 0 Å². The lowest BCUT2D eigenvalue weighted by molar-refractivity contribution is -0.385. The van der Waals surface area contributed by atoms with Gasteiger partial charge in [0.05, 0.1) is 16.1 Å². The van der Waals surface area contributed by atoms with E-state index in [1.807, 2.05) is 48.5 Å². The fourth-order valence-electron chi connectivity index (χ4n) is 4.05. The number of anilines is 2. The molecule has 34 heavy (non-hydrogen) atoms. The molecule has 0 spiro atoms. The Balaban J connectivity index is 1.66. The highest BCUT2D eigenvalue weighted by Crippen LogP contribution is 2.40. The predicted molar refractivity (Wildman–Crippen MR) is 128 cm³/mol. The highest BCUT2D eigenvalue weighted by atomic mass is 16.6. The highest BCUT2D eigenvalue weighted by Gasteiger charge is 2.37. The van der Waals surface area contributed by atoms with Gasteiger partial charge < -0.3 is 10.6 Å². The van der Waals surface area contributed by atoms with Gasteiger partial charge in [-0.25, -0.2) is 4.68 Å². The van der Waals surface area contributed by atoms with Gasteiger partial charge in [0.1, 0.15) is 6.04 Å². The van der Waals surface area contributed by atoms with Gasteiger partial charge in [0.25, 0.3) is 11.6 Å². The van der Waals surface area contributed by atoms with Crippen molar-refractivity contribution in [2.45, 2.75) is 13.0 Å². The fourth-order valence-corrected chi connectivity index (χ4v) is 4.05. The Hall–Kier alpha value is -4.79. The monoisotopic (exact) mass is 452 g/mol. The molecule has 9 heteroatoms. The van der Waals surface area contributed by atoms with E-state index in [1.54, 1.807) is 37.3 Å². The number of carbonyl (C=O) groups excluding carboxylic acids is 1. The molecule has 5 rings (SSSR count). The first kappa shape index (κ1) is 21.1. The lowest BCUT2D eigenvalue weighted by Crippen LogP contribution is -2.31. The van der Waals surface area contributed by atoms with E-state index < -0.39 is 11.0 Å². The predicted octanol–water partition coefficient (Wildman–Crippen LogP) is 4.78. The first-order chi connectivity index (χ1) is 16.5. The maximum Gasteiger partial charge on any atom is 0.275 e. The number of carbonyl (C=O) groups is 1. The van der Waals surface area contributed by atoms with Crippen LogP contribution < -0.4 is 10.6 Å². The molecule has 168 valence electrons. The Morgan fingerprint density at radius 1 is 1.00 bits per heavy atom. The molecule has 9 nitrogen and oxygen atoms in total. The number of nitrogens with zero attached hydrogens (tertiary/aromatic N) is 4. The molecule has 2 heterocycles. The average molecular weight is 452 g/mol. The van der Waals surface area contributed by atoms with Crippen LogP contribution in [0.5, 0.6) is 0 Å². The molecule has 2 N–H and O–H groups in total. The van der Waals surface area contributed by atoms with Crippen molar-refractivity contribution in [3.63, 3.8) is 0 Å². The molecule has 0 radical (unpaired) electrons. The lowest BCUT2D eigenvalue weighted by atomic mass is 9.93. The van der Waals surface area contributed by atoms with E-state index in [4.69, 9.17) is 0 Å². The molecule has 0 fully saturated rings. The molecule has 1 atom stereocenters. The minimum absolute atomic E-state index is 0.102. The van der Waals surface area contributed by atoms with Gasteiger partial charge >= 0.3 is 0 Å². The number of rotatable bonds is 5. The standard InChI is InChI=1S/C25H20N6O3/c1-16-21(24(32)27-18-12-6-3-7-13-18)22(19-14-8-9-15-20(19)31(33)34)30-25(26-16)28-23(29-30)17-10-4-2-5-11-17/h2-15,22H,1H3,(H,27,32)(H,26,28,29)/t22-/m0/s1. The second kappa shape index (κ2) is 8.62. The first-order valence-corrected chi connectivity index (χ1v) is 10.6. The number of amides is 1. The second-order valence-electron chi connectivity index (χ2n) is 7.77. The van der Waals surface area contributed by atoms with Crippen molar-refractivity contribution >= 4 is 23.2 Å². The maximum atomic E-state index is 13.5. The summed E-state index contributed by atoms with van der Waals surface area (Å²) in [5.74, 6) is 0.460. The summed E-state index contributed by atoms with van der Waals surface area (Å²) in [7, 11) is 0. The van der Waals surface area contributed by atoms with Crippen molar-refractivity contribution in [2.24, 2.45) is 0 Å². The molecule has 1 aliphatic heterocycles. The summed E-state index contributed by atoms with van der Waals surface area (Å²) in [6, 6.07) is 24.0. The second-order valence-corrected chi connectivity index (χ2v) is 7.77. The van der Waals surface area contributed by atoms with Gasteiger partial charge in [-0.3, -0.25) is 14.9 Å². The molecule has 1 aromatic heterocycles. The molecular weight excluding hydrogens is 432 g/mol. The number of fused-ring (bicyclic) bond motifs is 1. The molecule has 0 saturated heterocycles. The zero-order valence-corrected chi connectivity index (χ0v) is 18.2. The normalized spacial score (nSPS) is 14.8. The van der Waals surface area contributed by atoms with Gasteiger partial charge in [-0.15, -0.1) is 5.10 Å². The SMILES string of the molecule is CC1=C(C(=O)Nc2ccccc2)[C@H](c2ccccc2[N+](=O)[O-])n2nc(-c3ccccc3)nc2N1. The number of para-hydroxylation sites is 2. The number of hydrogen-bond acceptors (Lipinski definition) is 6. The molecule has 0 saturated carbocycles. The van der Waals surface area contributed by atoms with Crippen LogP contribution in [0.3, 0.4) is 0 Å². The summed E-state index contributed by atoms with van der Waals surface area (Å²) in [5.41, 5.74) is 2.50. The van der Waals surface area contributed by atoms with E-state index in [0.717, 1.165) is 5.56 Å². The average Bonchev–Trinajstić information content (AvgIpc) is 3.28. The summed E-state index contributed by atoms with van der Waals surface area (Å²) in [6.45, 7) is 1.75. The van der Waals surface area contributed by atoms with Crippen LogP contribution in [-0.2, 0) is 4.79 Å². The number of nitro groups is 1. The number of allylic oxidation sites excluding steroid dienone is 1. The third kappa shape index (κ3) is 3.79. The van der Waals surface area contributed by atoms with E-state index in [-0.39, 0.29) is 11.6 Å². The summed E-state index contributed by atoms with van der Waals surface area (Å²) >= 11 is 0. The summed E-state index contributed by atoms with van der Waals surface area (Å²) in [6.07, 6.45) is 0. The van der Waals surface area contributed by atoms with Crippen LogP contribution >= 0.6 is 0 Å². The molecule has 4 aromatic rings. The highest BCUT2D eigenvalue weighted by molar-refractivity contribution is 6.06. The van der Waals surface area contributed by atoms with Crippen molar-refractivity contribution in [3.05, 3.63) is 112 Å². The van der Waals surface area contributed by atoms with E-state index in [0.29, 0.717) is 34.3 Å². The van der Waals surface area contributed by atoms with Crippen molar-refractivity contribution in [2.75, 3.05) is 10.6 Å². The van der Waals surface area contributed by atoms with Crippen LogP contribution in [0.1, 0.15) is 18.5 Å². The number of nitro benzene ring substituents is 1. The number of nitrogens with one attached hydrogen (secondary N) is 2. The van der Waals surface area contributed by atoms with Gasteiger partial charge in [-0.1, -0.05) is 60.7 Å². The van der Waals surface area contributed by atoms with E-state index in [2.05, 4.69) is 20.7 Å². The van der Waals surface area contributed by atoms with E-state index >= 15 is 0 Å². The Morgan fingerprint density at radius 3 is 2.35 bits per heavy atom. The first-order valence-electron chi connectivity index (χ1n) is 10.6. The third-order valence-corrected chi connectivity index (χ3v) is 5.59. The largest absolute Gasteiger partial charge is 0.328 e. The molecule has 1 amide bonds. The van der Waals surface area contributed by atoms with Crippen LogP contribution in [0.25, 0.3) is 11.4 Å². The van der Waals surface area contributed by atoms with Crippen molar-refractivity contribution < 1.29 is 9.72 Å². The number of aromatic nitrogens is 3. The smallest absolute Gasteiger partial charge is 0.275 e. The molecular formula is C25H20N6O3. The zero-order chi connectivity index (χ0) is 23.7. The minimum atomic E-state index is -0.855. The van der Waals surface area contributed by atoms with Crippen LogP contribution in [0.4, 0.5) is 17.3 Å². The van der Waals surface area contributed by atoms with Crippen molar-refractivity contribution in [3.8, 4) is 11.4 Å². The van der Waals surface area contributed by atoms with Gasteiger partial charge in [0.2, 0.25) is 5.95 Å². The fraction of sp³-hybridized carbons (Fsp3) is 0.0800. The Bertz CT molecular complexity index is 1410. The van der Waals surface area contributed by atoms with Crippen molar-refractivity contribution in [1.29, 1.82) is 0 Å². The number of hydrogen-bond donors (Lipinski definition) is 2. The van der Waals surface area contributed by atoms with Gasteiger partial charge in [0.15, 0.2) is 5.82 Å². The van der Waals surface area contributed by atoms with Crippen molar-refractivity contribution in [1.82, 2.24) is 14.8 Å². The van der Waals surface area contributed by atoms with Crippen LogP contribution in [0.15, 0.2) is 96.2 Å². The van der Waals surface area contributed by atoms with Crippen LogP contribution in [0, 0.1) is 10.1 Å². The van der Waals surface area contributed by atoms with E-state index in [9.17, 15) is 14.9 Å². The quantitative estimate of drug-likeness (QED) is 0.333. The van der Waals surface area contributed by atoms with Gasteiger partial charge in [-0.2, -0.15) is 4.98 Å². The topological polar surface area (TPSA) is 115 Å². The molecule has 0 aliphatic carbocycles. The Morgan fingerprint density at radius 2 is 1.65 bits per heavy atom. The summed E-state index contributed by atoms with van der Waals surface area (Å²) in [4.78, 5) is 29.5. The summed E-state index contributed by atoms with van der Waals surface area (Å²) in [5, 5.41) is 22.6. The Labute approximate surface area is 194 Å². The maximum absolute atomic E-state index is 13.5. The third-order valence-electron chi connectivity index (χ3n) is 5.59. The molecule has 0 unspecified atom stereocenters. The molecule has 0 bridgehead atoms. The van der Waals surface area contributed by atoms with Gasteiger partial charge in [0, 0.05) is 23.0 Å². The number of benzene rings is 3. The van der Waals surface area contributed by atoms with E-state index in [1.165, 1.54) is 10.7 Å².